The molecular formula is C22H17BrN4O2. The van der Waals surface area contributed by atoms with Gasteiger partial charge in [-0.3, -0.25) is 0 Å². The molecule has 0 bridgehead atoms. The third kappa shape index (κ3) is 4.52. The van der Waals surface area contributed by atoms with Crippen molar-refractivity contribution in [3.8, 4) is 22.9 Å². The average molecular weight is 449 g/mol. The Hall–Kier alpha value is -3.45. The number of aromatic nitrogens is 2. The van der Waals surface area contributed by atoms with Crippen LogP contribution in [-0.4, -0.2) is 16.2 Å². The molecule has 6 nitrogen and oxygen atoms in total. The number of urea groups is 1. The van der Waals surface area contributed by atoms with Crippen LogP contribution in [0.15, 0.2) is 81.7 Å². The number of nitrogens with zero attached hydrogens (tertiary/aromatic N) is 2. The van der Waals surface area contributed by atoms with Gasteiger partial charge in [0.05, 0.1) is 0 Å². The van der Waals surface area contributed by atoms with Gasteiger partial charge >= 0.3 is 6.03 Å². The lowest BCUT2D eigenvalue weighted by Gasteiger charge is -2.09. The number of anilines is 2. The highest BCUT2D eigenvalue weighted by Gasteiger charge is 2.11. The van der Waals surface area contributed by atoms with Gasteiger partial charge in [-0.15, -0.1) is 10.2 Å². The summed E-state index contributed by atoms with van der Waals surface area (Å²) in [5.41, 5.74) is 4.06. The molecule has 2 N–H and O–H groups in total. The third-order valence-electron chi connectivity index (χ3n) is 4.25. The molecule has 3 aromatic carbocycles. The summed E-state index contributed by atoms with van der Waals surface area (Å²) in [6, 6.07) is 22.1. The maximum Gasteiger partial charge on any atom is 0.323 e. The average Bonchev–Trinajstić information content (AvgIpc) is 3.22. The van der Waals surface area contributed by atoms with E-state index < -0.39 is 0 Å². The molecule has 0 aliphatic rings. The van der Waals surface area contributed by atoms with Crippen molar-refractivity contribution in [2.75, 3.05) is 10.6 Å². The molecule has 0 spiro atoms. The zero-order valence-electron chi connectivity index (χ0n) is 15.5. The number of rotatable bonds is 4. The summed E-state index contributed by atoms with van der Waals surface area (Å²) in [5, 5.41) is 13.8. The Labute approximate surface area is 176 Å². The van der Waals surface area contributed by atoms with Crippen molar-refractivity contribution in [2.24, 2.45) is 0 Å². The van der Waals surface area contributed by atoms with Gasteiger partial charge in [0.2, 0.25) is 11.8 Å². The van der Waals surface area contributed by atoms with Gasteiger partial charge in [-0.05, 0) is 67.1 Å². The van der Waals surface area contributed by atoms with Crippen LogP contribution in [0.1, 0.15) is 5.56 Å². The van der Waals surface area contributed by atoms with E-state index in [2.05, 4.69) is 36.8 Å². The van der Waals surface area contributed by atoms with E-state index in [4.69, 9.17) is 4.42 Å². The van der Waals surface area contributed by atoms with E-state index in [9.17, 15) is 4.79 Å². The van der Waals surface area contributed by atoms with E-state index in [1.807, 2.05) is 67.6 Å². The van der Waals surface area contributed by atoms with E-state index in [0.717, 1.165) is 26.9 Å². The fourth-order valence-electron chi connectivity index (χ4n) is 2.75. The highest BCUT2D eigenvalue weighted by molar-refractivity contribution is 9.10. The van der Waals surface area contributed by atoms with Crippen molar-refractivity contribution >= 4 is 33.3 Å². The first kappa shape index (κ1) is 18.9. The standard InChI is InChI=1S/C22H17BrN4O2/c1-14-13-18(11-12-19(14)23)25-22(28)24-17-9-7-16(8-10-17)21-27-26-20(29-21)15-5-3-2-4-6-15/h2-13H,1H3,(H2,24,25,28). The number of amides is 2. The van der Waals surface area contributed by atoms with Crippen LogP contribution in [-0.2, 0) is 0 Å². The van der Waals surface area contributed by atoms with Crippen LogP contribution in [0.4, 0.5) is 16.2 Å². The molecule has 29 heavy (non-hydrogen) atoms. The van der Waals surface area contributed by atoms with Crippen molar-refractivity contribution in [1.29, 1.82) is 0 Å². The molecular weight excluding hydrogens is 432 g/mol. The summed E-state index contributed by atoms with van der Waals surface area (Å²) in [6.07, 6.45) is 0. The zero-order valence-corrected chi connectivity index (χ0v) is 17.1. The summed E-state index contributed by atoms with van der Waals surface area (Å²) in [6.45, 7) is 1.96. The van der Waals surface area contributed by atoms with Gasteiger partial charge in [0.15, 0.2) is 0 Å². The summed E-state index contributed by atoms with van der Waals surface area (Å²) < 4.78 is 6.75. The monoisotopic (exact) mass is 448 g/mol. The van der Waals surface area contributed by atoms with Gasteiger partial charge in [0.25, 0.3) is 0 Å². The fourth-order valence-corrected chi connectivity index (χ4v) is 3.00. The van der Waals surface area contributed by atoms with Crippen LogP contribution in [0.2, 0.25) is 0 Å². The topological polar surface area (TPSA) is 80.0 Å². The number of carbonyl (C=O) groups is 1. The van der Waals surface area contributed by atoms with Gasteiger partial charge in [0.1, 0.15) is 0 Å². The molecule has 1 heterocycles. The van der Waals surface area contributed by atoms with E-state index >= 15 is 0 Å². The maximum atomic E-state index is 12.2. The Morgan fingerprint density at radius 2 is 1.41 bits per heavy atom. The molecule has 1 aromatic heterocycles. The second-order valence-electron chi connectivity index (χ2n) is 6.40. The number of aryl methyl sites for hydroxylation is 1. The lowest BCUT2D eigenvalue weighted by molar-refractivity contribution is 0.262. The first-order valence-electron chi connectivity index (χ1n) is 8.92. The second-order valence-corrected chi connectivity index (χ2v) is 7.25. The molecule has 0 fully saturated rings. The van der Waals surface area contributed by atoms with E-state index in [1.165, 1.54) is 0 Å². The summed E-state index contributed by atoms with van der Waals surface area (Å²) in [4.78, 5) is 12.2. The minimum Gasteiger partial charge on any atom is -0.416 e. The quantitative estimate of drug-likeness (QED) is 0.394. The predicted molar refractivity (Wildman–Crippen MR) is 117 cm³/mol. The van der Waals surface area contributed by atoms with Crippen molar-refractivity contribution in [2.45, 2.75) is 6.92 Å². The highest BCUT2D eigenvalue weighted by atomic mass is 79.9. The fraction of sp³-hybridized carbons (Fsp3) is 0.0455. The molecule has 0 atom stereocenters. The summed E-state index contributed by atoms with van der Waals surface area (Å²) in [5.74, 6) is 0.886. The Balaban J connectivity index is 1.42. The van der Waals surface area contributed by atoms with E-state index in [0.29, 0.717) is 17.5 Å². The molecule has 0 aliphatic carbocycles. The SMILES string of the molecule is Cc1cc(NC(=O)Nc2ccc(-c3nnc(-c4ccccc4)o3)cc2)ccc1Br. The first-order chi connectivity index (χ1) is 14.1. The lowest BCUT2D eigenvalue weighted by atomic mass is 10.2. The molecule has 144 valence electrons. The van der Waals surface area contributed by atoms with Crippen LogP contribution in [0.3, 0.4) is 0 Å². The molecule has 0 saturated heterocycles. The summed E-state index contributed by atoms with van der Waals surface area (Å²) in [7, 11) is 0. The minimum absolute atomic E-state index is 0.316. The van der Waals surface area contributed by atoms with Gasteiger partial charge in [-0.2, -0.15) is 0 Å². The van der Waals surface area contributed by atoms with Crippen LogP contribution < -0.4 is 10.6 Å². The molecule has 0 unspecified atom stereocenters. The molecule has 4 aromatic rings. The molecule has 4 rings (SSSR count). The lowest BCUT2D eigenvalue weighted by Crippen LogP contribution is -2.19. The largest absolute Gasteiger partial charge is 0.416 e. The number of hydrogen-bond acceptors (Lipinski definition) is 4. The number of halogens is 1. The van der Waals surface area contributed by atoms with Gasteiger partial charge in [-0.25, -0.2) is 4.79 Å². The first-order valence-corrected chi connectivity index (χ1v) is 9.71. The Morgan fingerprint density at radius 3 is 2.07 bits per heavy atom. The molecule has 2 amide bonds. The molecule has 0 saturated carbocycles. The van der Waals surface area contributed by atoms with Gasteiger partial charge in [-0.1, -0.05) is 34.1 Å². The Morgan fingerprint density at radius 1 is 0.828 bits per heavy atom. The third-order valence-corrected chi connectivity index (χ3v) is 5.14. The van der Waals surface area contributed by atoms with Crippen molar-refractivity contribution in [3.63, 3.8) is 0 Å². The molecule has 0 radical (unpaired) electrons. The second kappa shape index (κ2) is 8.28. The number of hydrogen-bond donors (Lipinski definition) is 2. The van der Waals surface area contributed by atoms with E-state index in [-0.39, 0.29) is 6.03 Å². The summed E-state index contributed by atoms with van der Waals surface area (Å²) >= 11 is 3.44. The zero-order chi connectivity index (χ0) is 20.2. The number of carbonyl (C=O) groups excluding carboxylic acids is 1. The van der Waals surface area contributed by atoms with Crippen LogP contribution in [0.25, 0.3) is 22.9 Å². The van der Waals surface area contributed by atoms with Crippen molar-refractivity contribution < 1.29 is 9.21 Å². The highest BCUT2D eigenvalue weighted by Crippen LogP contribution is 2.25. The van der Waals surface area contributed by atoms with E-state index in [1.54, 1.807) is 12.1 Å². The van der Waals surface area contributed by atoms with Gasteiger partial charge in [0, 0.05) is 27.0 Å². The van der Waals surface area contributed by atoms with Crippen LogP contribution >= 0.6 is 15.9 Å². The smallest absolute Gasteiger partial charge is 0.323 e. The van der Waals surface area contributed by atoms with Crippen LogP contribution in [0, 0.1) is 6.92 Å². The molecule has 0 aliphatic heterocycles. The van der Waals surface area contributed by atoms with Gasteiger partial charge < -0.3 is 15.1 Å². The normalized spacial score (nSPS) is 10.6. The molecule has 7 heteroatoms. The maximum absolute atomic E-state index is 12.2. The Bertz CT molecular complexity index is 1140. The number of nitrogens with one attached hydrogen (secondary N) is 2. The van der Waals surface area contributed by atoms with Crippen molar-refractivity contribution in [1.82, 2.24) is 10.2 Å². The van der Waals surface area contributed by atoms with Crippen molar-refractivity contribution in [3.05, 3.63) is 82.8 Å². The van der Waals surface area contributed by atoms with Crippen LogP contribution in [0.5, 0.6) is 0 Å². The Kier molecular flexibility index (Phi) is 5.39. The predicted octanol–water partition coefficient (Wildman–Crippen LogP) is 6.12. The minimum atomic E-state index is -0.316. The number of benzene rings is 3.